The molecule has 1 fully saturated rings. The third-order valence-corrected chi connectivity index (χ3v) is 4.61. The summed E-state index contributed by atoms with van der Waals surface area (Å²) in [6.45, 7) is 7.73. The maximum Gasteiger partial charge on any atom is 0.279 e. The molecule has 3 N–H and O–H groups in total. The predicted octanol–water partition coefficient (Wildman–Crippen LogP) is 0.536. The average molecular weight is 263 g/mol. The van der Waals surface area contributed by atoms with E-state index in [-0.39, 0.29) is 6.04 Å². The number of nitrogens with two attached hydrogens (primary N) is 1. The molecule has 1 heterocycles. The van der Waals surface area contributed by atoms with Gasteiger partial charge in [0.25, 0.3) is 10.2 Å². The maximum absolute atomic E-state index is 12.0. The minimum atomic E-state index is -3.32. The first kappa shape index (κ1) is 14.9. The SMILES string of the molecule is C[C@@H]1C[C@H](C)CN(S(=O)(=O)NCC[C@H](C)N)C1. The fourth-order valence-corrected chi connectivity index (χ4v) is 3.77. The van der Waals surface area contributed by atoms with E-state index in [1.807, 2.05) is 6.92 Å². The molecular weight excluding hydrogens is 238 g/mol. The highest BCUT2D eigenvalue weighted by Gasteiger charge is 2.29. The van der Waals surface area contributed by atoms with Crippen LogP contribution in [0.1, 0.15) is 33.6 Å². The number of nitrogens with zero attached hydrogens (tertiary/aromatic N) is 1. The molecule has 0 amide bonds. The maximum atomic E-state index is 12.0. The molecule has 0 aromatic carbocycles. The molecule has 1 saturated heterocycles. The molecule has 1 aliphatic heterocycles. The Kier molecular flexibility index (Phi) is 5.37. The molecule has 0 spiro atoms. The van der Waals surface area contributed by atoms with Crippen molar-refractivity contribution in [1.82, 2.24) is 9.03 Å². The Balaban J connectivity index is 2.51. The van der Waals surface area contributed by atoms with E-state index in [4.69, 9.17) is 5.73 Å². The first-order valence-corrected chi connectivity index (χ1v) is 7.75. The van der Waals surface area contributed by atoms with Gasteiger partial charge in [0.1, 0.15) is 0 Å². The molecule has 1 aliphatic rings. The summed E-state index contributed by atoms with van der Waals surface area (Å²) >= 11 is 0. The summed E-state index contributed by atoms with van der Waals surface area (Å²) in [5.74, 6) is 0.868. The van der Waals surface area contributed by atoms with E-state index in [0.717, 1.165) is 6.42 Å². The van der Waals surface area contributed by atoms with Crippen molar-refractivity contribution in [3.8, 4) is 0 Å². The second kappa shape index (κ2) is 6.13. The lowest BCUT2D eigenvalue weighted by atomic mass is 9.94. The zero-order chi connectivity index (χ0) is 13.1. The largest absolute Gasteiger partial charge is 0.328 e. The van der Waals surface area contributed by atoms with Crippen molar-refractivity contribution in [2.45, 2.75) is 39.7 Å². The van der Waals surface area contributed by atoms with E-state index in [0.29, 0.717) is 37.9 Å². The summed E-state index contributed by atoms with van der Waals surface area (Å²) < 4.78 is 28.2. The van der Waals surface area contributed by atoms with E-state index in [1.165, 1.54) is 0 Å². The van der Waals surface area contributed by atoms with Crippen LogP contribution in [0.2, 0.25) is 0 Å². The van der Waals surface area contributed by atoms with Crippen LogP contribution in [0.15, 0.2) is 0 Å². The Morgan fingerprint density at radius 2 is 1.88 bits per heavy atom. The monoisotopic (exact) mass is 263 g/mol. The summed E-state index contributed by atoms with van der Waals surface area (Å²) in [5.41, 5.74) is 5.60. The molecule has 6 heteroatoms. The van der Waals surface area contributed by atoms with Gasteiger partial charge in [-0.05, 0) is 31.6 Å². The van der Waals surface area contributed by atoms with Gasteiger partial charge in [0.15, 0.2) is 0 Å². The van der Waals surface area contributed by atoms with Gasteiger partial charge in [-0.1, -0.05) is 13.8 Å². The Morgan fingerprint density at radius 3 is 2.35 bits per heavy atom. The van der Waals surface area contributed by atoms with Gasteiger partial charge < -0.3 is 5.73 Å². The van der Waals surface area contributed by atoms with Crippen LogP contribution in [0.5, 0.6) is 0 Å². The normalized spacial score (nSPS) is 29.2. The van der Waals surface area contributed by atoms with Crippen LogP contribution in [-0.2, 0) is 10.2 Å². The molecule has 1 rings (SSSR count). The van der Waals surface area contributed by atoms with Gasteiger partial charge in [-0.25, -0.2) is 4.72 Å². The first-order valence-electron chi connectivity index (χ1n) is 6.31. The summed E-state index contributed by atoms with van der Waals surface area (Å²) in [6.07, 6.45) is 1.77. The van der Waals surface area contributed by atoms with Crippen LogP contribution in [0.3, 0.4) is 0 Å². The van der Waals surface area contributed by atoms with Crippen molar-refractivity contribution in [3.63, 3.8) is 0 Å². The van der Waals surface area contributed by atoms with Crippen LogP contribution < -0.4 is 10.5 Å². The first-order chi connectivity index (χ1) is 7.81. The molecular formula is C11H25N3O2S. The predicted molar refractivity (Wildman–Crippen MR) is 69.7 cm³/mol. The van der Waals surface area contributed by atoms with Crippen molar-refractivity contribution in [1.29, 1.82) is 0 Å². The van der Waals surface area contributed by atoms with Gasteiger partial charge in [-0.15, -0.1) is 0 Å². The molecule has 17 heavy (non-hydrogen) atoms. The Hall–Kier alpha value is -0.170. The average Bonchev–Trinajstić information content (AvgIpc) is 2.14. The van der Waals surface area contributed by atoms with Crippen LogP contribution in [0.4, 0.5) is 0 Å². The Morgan fingerprint density at radius 1 is 1.35 bits per heavy atom. The van der Waals surface area contributed by atoms with E-state index in [1.54, 1.807) is 4.31 Å². The molecule has 0 radical (unpaired) electrons. The molecule has 3 atom stereocenters. The lowest BCUT2D eigenvalue weighted by Crippen LogP contribution is -2.48. The topological polar surface area (TPSA) is 75.4 Å². The number of hydrogen-bond acceptors (Lipinski definition) is 3. The number of piperidine rings is 1. The molecule has 102 valence electrons. The van der Waals surface area contributed by atoms with Gasteiger partial charge in [0, 0.05) is 25.7 Å². The van der Waals surface area contributed by atoms with Gasteiger partial charge >= 0.3 is 0 Å². The molecule has 0 unspecified atom stereocenters. The van der Waals surface area contributed by atoms with Crippen molar-refractivity contribution >= 4 is 10.2 Å². The summed E-state index contributed by atoms with van der Waals surface area (Å²) in [4.78, 5) is 0. The van der Waals surface area contributed by atoms with Crippen molar-refractivity contribution < 1.29 is 8.42 Å². The van der Waals surface area contributed by atoms with Gasteiger partial charge in [-0.2, -0.15) is 12.7 Å². The fourth-order valence-electron chi connectivity index (χ4n) is 2.31. The lowest BCUT2D eigenvalue weighted by Gasteiger charge is -2.34. The standard InChI is InChI=1S/C11H25N3O2S/c1-9-6-10(2)8-14(7-9)17(15,16)13-5-4-11(3)12/h9-11,13H,4-8,12H2,1-3H3/t9-,10+,11-/m0/s1. The fraction of sp³-hybridized carbons (Fsp3) is 1.00. The zero-order valence-electron chi connectivity index (χ0n) is 11.0. The number of hydrogen-bond donors (Lipinski definition) is 2. The third-order valence-electron chi connectivity index (χ3n) is 3.06. The second-order valence-electron chi connectivity index (χ2n) is 5.43. The van der Waals surface area contributed by atoms with E-state index < -0.39 is 10.2 Å². The van der Waals surface area contributed by atoms with Gasteiger partial charge in [0.05, 0.1) is 0 Å². The molecule has 0 bridgehead atoms. The van der Waals surface area contributed by atoms with E-state index in [9.17, 15) is 8.42 Å². The molecule has 5 nitrogen and oxygen atoms in total. The highest BCUT2D eigenvalue weighted by Crippen LogP contribution is 2.22. The number of rotatable bonds is 5. The van der Waals surface area contributed by atoms with Crippen LogP contribution in [0, 0.1) is 11.8 Å². The minimum absolute atomic E-state index is 0.0249. The quantitative estimate of drug-likeness (QED) is 0.760. The number of nitrogens with one attached hydrogen (secondary N) is 1. The van der Waals surface area contributed by atoms with Crippen molar-refractivity contribution in [2.24, 2.45) is 17.6 Å². The molecule has 0 aromatic heterocycles. The summed E-state index contributed by atoms with van der Waals surface area (Å²) in [5, 5.41) is 0. The van der Waals surface area contributed by atoms with Crippen LogP contribution in [0.25, 0.3) is 0 Å². The lowest BCUT2D eigenvalue weighted by molar-refractivity contribution is 0.220. The summed E-state index contributed by atoms with van der Waals surface area (Å²) in [7, 11) is -3.32. The third kappa shape index (κ3) is 4.91. The highest BCUT2D eigenvalue weighted by molar-refractivity contribution is 7.87. The molecule has 0 aliphatic carbocycles. The van der Waals surface area contributed by atoms with E-state index >= 15 is 0 Å². The molecule has 0 saturated carbocycles. The second-order valence-corrected chi connectivity index (χ2v) is 7.18. The van der Waals surface area contributed by atoms with Gasteiger partial charge in [-0.3, -0.25) is 0 Å². The van der Waals surface area contributed by atoms with Crippen LogP contribution >= 0.6 is 0 Å². The smallest absolute Gasteiger partial charge is 0.279 e. The van der Waals surface area contributed by atoms with Crippen molar-refractivity contribution in [2.75, 3.05) is 19.6 Å². The minimum Gasteiger partial charge on any atom is -0.328 e. The van der Waals surface area contributed by atoms with Crippen LogP contribution in [-0.4, -0.2) is 38.4 Å². The Bertz CT molecular complexity index is 320. The summed E-state index contributed by atoms with van der Waals surface area (Å²) in [6, 6.07) is 0.0249. The molecule has 0 aromatic rings. The van der Waals surface area contributed by atoms with Gasteiger partial charge in [0.2, 0.25) is 0 Å². The zero-order valence-corrected chi connectivity index (χ0v) is 11.8. The Labute approximate surface area is 105 Å². The van der Waals surface area contributed by atoms with E-state index in [2.05, 4.69) is 18.6 Å². The van der Waals surface area contributed by atoms with Crippen molar-refractivity contribution in [3.05, 3.63) is 0 Å². The highest BCUT2D eigenvalue weighted by atomic mass is 32.2.